The van der Waals surface area contributed by atoms with Gasteiger partial charge in [0.15, 0.2) is 0 Å². The second-order valence-electron chi connectivity index (χ2n) is 5.26. The molecule has 1 unspecified atom stereocenters. The van der Waals surface area contributed by atoms with Crippen LogP contribution in [0.1, 0.15) is 29.7 Å². The summed E-state index contributed by atoms with van der Waals surface area (Å²) in [5, 5.41) is 14.4. The fourth-order valence-corrected chi connectivity index (χ4v) is 2.26. The predicted molar refractivity (Wildman–Crippen MR) is 86.1 cm³/mol. The van der Waals surface area contributed by atoms with Gasteiger partial charge in [0.05, 0.1) is 12.0 Å². The average molecular weight is 300 g/mol. The Labute approximate surface area is 130 Å². The second-order valence-corrected chi connectivity index (χ2v) is 5.26. The highest BCUT2D eigenvalue weighted by molar-refractivity contribution is 5.43. The molecule has 0 amide bonds. The zero-order chi connectivity index (χ0) is 16.1. The largest absolute Gasteiger partial charge is 0.497 e. The van der Waals surface area contributed by atoms with E-state index in [1.165, 1.54) is 0 Å². The molecule has 0 aliphatic heterocycles. The summed E-state index contributed by atoms with van der Waals surface area (Å²) in [6, 6.07) is 13.2. The average Bonchev–Trinajstić information content (AvgIpc) is 2.53. The number of hydrogen-bond donors (Lipinski definition) is 1. The van der Waals surface area contributed by atoms with E-state index in [4.69, 9.17) is 4.74 Å². The predicted octanol–water partition coefficient (Wildman–Crippen LogP) is 3.76. The van der Waals surface area contributed by atoms with E-state index in [0.717, 1.165) is 16.9 Å². The van der Waals surface area contributed by atoms with Gasteiger partial charge < -0.3 is 10.1 Å². The lowest BCUT2D eigenvalue weighted by Gasteiger charge is -2.15. The zero-order valence-electron chi connectivity index (χ0n) is 13.0. The van der Waals surface area contributed by atoms with Gasteiger partial charge in [-0.2, -0.15) is 0 Å². The van der Waals surface area contributed by atoms with Crippen LogP contribution >= 0.6 is 0 Å². The lowest BCUT2D eigenvalue weighted by Crippen LogP contribution is -2.18. The van der Waals surface area contributed by atoms with Crippen molar-refractivity contribution in [3.8, 4) is 5.75 Å². The van der Waals surface area contributed by atoms with Crippen molar-refractivity contribution in [2.24, 2.45) is 0 Å². The van der Waals surface area contributed by atoms with E-state index in [9.17, 15) is 10.1 Å². The van der Waals surface area contributed by atoms with E-state index in [-0.39, 0.29) is 16.7 Å². The number of methoxy groups -OCH3 is 1. The van der Waals surface area contributed by atoms with Gasteiger partial charge >= 0.3 is 0 Å². The minimum atomic E-state index is -0.340. The van der Waals surface area contributed by atoms with Gasteiger partial charge in [0, 0.05) is 24.2 Å². The standard InChI is InChI=1S/C17H20N2O3/c1-12-7-8-15(10-17(12)19(20)21)13(2)18-11-14-5-4-6-16(9-14)22-3/h4-10,13,18H,11H2,1-3H3. The molecule has 0 saturated heterocycles. The Kier molecular flexibility index (Phi) is 5.12. The SMILES string of the molecule is COc1cccc(CNC(C)c2ccc(C)c([N+](=O)[O-])c2)c1. The molecule has 2 rings (SSSR count). The molecule has 22 heavy (non-hydrogen) atoms. The van der Waals surface area contributed by atoms with Gasteiger partial charge in [-0.1, -0.05) is 24.3 Å². The van der Waals surface area contributed by atoms with Crippen LogP contribution in [-0.2, 0) is 6.54 Å². The summed E-state index contributed by atoms with van der Waals surface area (Å²) in [6.45, 7) is 4.41. The van der Waals surface area contributed by atoms with Crippen LogP contribution in [0.3, 0.4) is 0 Å². The maximum Gasteiger partial charge on any atom is 0.272 e. The van der Waals surface area contributed by atoms with Gasteiger partial charge in [-0.15, -0.1) is 0 Å². The smallest absolute Gasteiger partial charge is 0.272 e. The third-order valence-corrected chi connectivity index (χ3v) is 3.68. The molecule has 0 heterocycles. The highest BCUT2D eigenvalue weighted by atomic mass is 16.6. The summed E-state index contributed by atoms with van der Waals surface area (Å²) in [5.41, 5.74) is 2.84. The molecule has 0 bridgehead atoms. The Morgan fingerprint density at radius 2 is 2.05 bits per heavy atom. The van der Waals surface area contributed by atoms with Gasteiger partial charge in [0.1, 0.15) is 5.75 Å². The molecule has 2 aromatic rings. The summed E-state index contributed by atoms with van der Waals surface area (Å²) in [6.07, 6.45) is 0. The quantitative estimate of drug-likeness (QED) is 0.651. The lowest BCUT2D eigenvalue weighted by molar-refractivity contribution is -0.385. The zero-order valence-corrected chi connectivity index (χ0v) is 13.0. The monoisotopic (exact) mass is 300 g/mol. The highest BCUT2D eigenvalue weighted by Gasteiger charge is 2.14. The van der Waals surface area contributed by atoms with E-state index in [0.29, 0.717) is 12.1 Å². The minimum absolute atomic E-state index is 0.0190. The summed E-state index contributed by atoms with van der Waals surface area (Å²) in [4.78, 5) is 10.7. The van der Waals surface area contributed by atoms with Crippen LogP contribution in [0.4, 0.5) is 5.69 Å². The number of nitrogens with one attached hydrogen (secondary N) is 1. The molecule has 0 fully saturated rings. The Balaban J connectivity index is 2.07. The van der Waals surface area contributed by atoms with Gasteiger partial charge in [0.2, 0.25) is 0 Å². The molecule has 0 saturated carbocycles. The molecule has 0 aliphatic carbocycles. The molecule has 2 aromatic carbocycles. The normalized spacial score (nSPS) is 12.0. The van der Waals surface area contributed by atoms with E-state index in [1.807, 2.05) is 37.3 Å². The Bertz CT molecular complexity index is 671. The molecule has 116 valence electrons. The molecule has 5 nitrogen and oxygen atoms in total. The maximum atomic E-state index is 11.0. The lowest BCUT2D eigenvalue weighted by atomic mass is 10.0. The fourth-order valence-electron chi connectivity index (χ4n) is 2.26. The Hall–Kier alpha value is -2.40. The number of nitro groups is 1. The first-order valence-electron chi connectivity index (χ1n) is 7.12. The van der Waals surface area contributed by atoms with Crippen LogP contribution in [0.15, 0.2) is 42.5 Å². The Morgan fingerprint density at radius 3 is 2.73 bits per heavy atom. The van der Waals surface area contributed by atoms with Crippen molar-refractivity contribution in [3.63, 3.8) is 0 Å². The molecule has 1 atom stereocenters. The molecule has 0 spiro atoms. The molecule has 0 radical (unpaired) electrons. The van der Waals surface area contributed by atoms with Crippen molar-refractivity contribution in [3.05, 3.63) is 69.3 Å². The van der Waals surface area contributed by atoms with Crippen molar-refractivity contribution < 1.29 is 9.66 Å². The number of ether oxygens (including phenoxy) is 1. The van der Waals surface area contributed by atoms with Crippen molar-refractivity contribution in [2.45, 2.75) is 26.4 Å². The highest BCUT2D eigenvalue weighted by Crippen LogP contribution is 2.23. The van der Waals surface area contributed by atoms with Gasteiger partial charge in [-0.05, 0) is 37.1 Å². The third-order valence-electron chi connectivity index (χ3n) is 3.68. The van der Waals surface area contributed by atoms with E-state index >= 15 is 0 Å². The first kappa shape index (κ1) is 16.0. The number of aryl methyl sites for hydroxylation is 1. The number of nitrogens with zero attached hydrogens (tertiary/aromatic N) is 1. The molecule has 0 aromatic heterocycles. The summed E-state index contributed by atoms with van der Waals surface area (Å²) in [5.74, 6) is 0.818. The van der Waals surface area contributed by atoms with Crippen molar-refractivity contribution >= 4 is 5.69 Å². The van der Waals surface area contributed by atoms with Crippen molar-refractivity contribution in [1.29, 1.82) is 0 Å². The summed E-state index contributed by atoms with van der Waals surface area (Å²) < 4.78 is 5.20. The van der Waals surface area contributed by atoms with Crippen LogP contribution in [0, 0.1) is 17.0 Å². The molecular weight excluding hydrogens is 280 g/mol. The number of benzene rings is 2. The van der Waals surface area contributed by atoms with E-state index in [2.05, 4.69) is 5.32 Å². The van der Waals surface area contributed by atoms with Gasteiger partial charge in [0.25, 0.3) is 5.69 Å². The molecule has 5 heteroatoms. The van der Waals surface area contributed by atoms with Crippen molar-refractivity contribution in [2.75, 3.05) is 7.11 Å². The van der Waals surface area contributed by atoms with Gasteiger partial charge in [-0.25, -0.2) is 0 Å². The van der Waals surface area contributed by atoms with Crippen molar-refractivity contribution in [1.82, 2.24) is 5.32 Å². The van der Waals surface area contributed by atoms with Crippen LogP contribution in [-0.4, -0.2) is 12.0 Å². The van der Waals surface area contributed by atoms with Crippen LogP contribution < -0.4 is 10.1 Å². The summed E-state index contributed by atoms with van der Waals surface area (Å²) >= 11 is 0. The van der Waals surface area contributed by atoms with E-state index in [1.54, 1.807) is 26.2 Å². The topological polar surface area (TPSA) is 64.4 Å². The number of rotatable bonds is 6. The molecule has 0 aliphatic rings. The maximum absolute atomic E-state index is 11.0. The second kappa shape index (κ2) is 7.04. The number of hydrogen-bond acceptors (Lipinski definition) is 4. The Morgan fingerprint density at radius 1 is 1.27 bits per heavy atom. The third kappa shape index (κ3) is 3.83. The minimum Gasteiger partial charge on any atom is -0.497 e. The van der Waals surface area contributed by atoms with Crippen LogP contribution in [0.25, 0.3) is 0 Å². The van der Waals surface area contributed by atoms with E-state index < -0.39 is 0 Å². The summed E-state index contributed by atoms with van der Waals surface area (Å²) in [7, 11) is 1.64. The van der Waals surface area contributed by atoms with Crippen LogP contribution in [0.2, 0.25) is 0 Å². The van der Waals surface area contributed by atoms with Gasteiger partial charge in [-0.3, -0.25) is 10.1 Å². The number of nitro benzene ring substituents is 1. The first-order valence-corrected chi connectivity index (χ1v) is 7.12. The van der Waals surface area contributed by atoms with Crippen LogP contribution in [0.5, 0.6) is 5.75 Å². The fraction of sp³-hybridized carbons (Fsp3) is 0.294. The molecular formula is C17H20N2O3. The molecule has 1 N–H and O–H groups in total. The first-order chi connectivity index (χ1) is 10.5.